The second-order valence-electron chi connectivity index (χ2n) is 5.99. The molecular weight excluding hydrogens is 290 g/mol. The van der Waals surface area contributed by atoms with Crippen molar-refractivity contribution in [3.8, 4) is 5.75 Å². The Balaban J connectivity index is 1.67. The van der Waals surface area contributed by atoms with Crippen molar-refractivity contribution in [2.75, 3.05) is 7.11 Å². The van der Waals surface area contributed by atoms with Crippen LogP contribution in [-0.4, -0.2) is 19.1 Å². The number of hydrogen-bond donors (Lipinski definition) is 3. The van der Waals surface area contributed by atoms with Gasteiger partial charge in [0.25, 0.3) is 0 Å². The number of hydrazine groups is 1. The lowest BCUT2D eigenvalue weighted by Crippen LogP contribution is -2.39. The standard InChI is InChI=1S/C18H19N3O2/c1-23-13-9-7-12(8-10-13)16-14-15(11-5-3-2-4-6-11)19-18(22)17(14)21-20-16/h2-10,14-17,20-21H,1H3,(H,19,22). The number of carbonyl (C=O) groups is 1. The molecule has 4 unspecified atom stereocenters. The Morgan fingerprint density at radius 1 is 0.826 bits per heavy atom. The normalized spacial score (nSPS) is 29.2. The predicted molar refractivity (Wildman–Crippen MR) is 86.6 cm³/mol. The summed E-state index contributed by atoms with van der Waals surface area (Å²) in [6.07, 6.45) is 0. The van der Waals surface area contributed by atoms with Gasteiger partial charge in [-0.25, -0.2) is 10.9 Å². The van der Waals surface area contributed by atoms with Crippen molar-refractivity contribution in [1.82, 2.24) is 16.2 Å². The van der Waals surface area contributed by atoms with Gasteiger partial charge < -0.3 is 10.1 Å². The topological polar surface area (TPSA) is 62.4 Å². The van der Waals surface area contributed by atoms with Gasteiger partial charge in [0.2, 0.25) is 5.91 Å². The van der Waals surface area contributed by atoms with Gasteiger partial charge in [-0.05, 0) is 23.3 Å². The highest BCUT2D eigenvalue weighted by molar-refractivity contribution is 5.86. The molecule has 0 aromatic heterocycles. The highest BCUT2D eigenvalue weighted by atomic mass is 16.5. The van der Waals surface area contributed by atoms with Crippen molar-refractivity contribution in [3.63, 3.8) is 0 Å². The Morgan fingerprint density at radius 3 is 2.17 bits per heavy atom. The van der Waals surface area contributed by atoms with E-state index in [1.165, 1.54) is 0 Å². The van der Waals surface area contributed by atoms with Crippen LogP contribution in [0.15, 0.2) is 54.6 Å². The lowest BCUT2D eigenvalue weighted by Gasteiger charge is -2.24. The summed E-state index contributed by atoms with van der Waals surface area (Å²) < 4.78 is 5.22. The number of ether oxygens (including phenoxy) is 1. The largest absolute Gasteiger partial charge is 0.497 e. The van der Waals surface area contributed by atoms with Gasteiger partial charge in [0, 0.05) is 5.92 Å². The Bertz CT molecular complexity index is 702. The van der Waals surface area contributed by atoms with Crippen LogP contribution in [0.5, 0.6) is 5.75 Å². The molecule has 118 valence electrons. The molecule has 2 aromatic rings. The molecular formula is C18H19N3O2. The average molecular weight is 309 g/mol. The Labute approximate surface area is 135 Å². The van der Waals surface area contributed by atoms with E-state index in [1.54, 1.807) is 7.11 Å². The SMILES string of the molecule is COc1ccc(C2NNC3C(=O)NC(c4ccccc4)C32)cc1. The summed E-state index contributed by atoms with van der Waals surface area (Å²) in [4.78, 5) is 12.3. The molecule has 23 heavy (non-hydrogen) atoms. The van der Waals surface area contributed by atoms with Crippen LogP contribution in [0, 0.1) is 5.92 Å². The first-order valence-corrected chi connectivity index (χ1v) is 7.78. The number of benzene rings is 2. The number of hydrogen-bond acceptors (Lipinski definition) is 4. The zero-order chi connectivity index (χ0) is 15.8. The lowest BCUT2D eigenvalue weighted by atomic mass is 9.84. The van der Waals surface area contributed by atoms with E-state index in [0.717, 1.165) is 16.9 Å². The molecule has 2 aliphatic heterocycles. The zero-order valence-electron chi connectivity index (χ0n) is 12.8. The van der Waals surface area contributed by atoms with Gasteiger partial charge in [-0.15, -0.1) is 0 Å². The van der Waals surface area contributed by atoms with E-state index in [4.69, 9.17) is 4.74 Å². The maximum absolute atomic E-state index is 12.3. The molecule has 2 saturated heterocycles. The molecule has 1 amide bonds. The van der Waals surface area contributed by atoms with E-state index in [-0.39, 0.29) is 30.0 Å². The number of fused-ring (bicyclic) bond motifs is 1. The van der Waals surface area contributed by atoms with Crippen LogP contribution in [0.25, 0.3) is 0 Å². The summed E-state index contributed by atoms with van der Waals surface area (Å²) in [6, 6.07) is 18.0. The van der Waals surface area contributed by atoms with Crippen molar-refractivity contribution in [1.29, 1.82) is 0 Å². The Kier molecular flexibility index (Phi) is 3.52. The van der Waals surface area contributed by atoms with Crippen molar-refractivity contribution in [3.05, 3.63) is 65.7 Å². The van der Waals surface area contributed by atoms with Crippen LogP contribution in [0.3, 0.4) is 0 Å². The van der Waals surface area contributed by atoms with Gasteiger partial charge in [0.05, 0.1) is 19.2 Å². The van der Waals surface area contributed by atoms with Crippen molar-refractivity contribution < 1.29 is 9.53 Å². The fourth-order valence-electron chi connectivity index (χ4n) is 3.61. The van der Waals surface area contributed by atoms with Crippen LogP contribution in [0.4, 0.5) is 0 Å². The number of rotatable bonds is 3. The molecule has 2 aliphatic rings. The highest BCUT2D eigenvalue weighted by Crippen LogP contribution is 2.42. The zero-order valence-corrected chi connectivity index (χ0v) is 12.8. The van der Waals surface area contributed by atoms with Crippen LogP contribution in [-0.2, 0) is 4.79 Å². The number of carbonyl (C=O) groups excluding carboxylic acids is 1. The monoisotopic (exact) mass is 309 g/mol. The second kappa shape index (κ2) is 5.68. The number of nitrogens with one attached hydrogen (secondary N) is 3. The van der Waals surface area contributed by atoms with E-state index in [9.17, 15) is 4.79 Å². The third-order valence-electron chi connectivity index (χ3n) is 4.76. The Morgan fingerprint density at radius 2 is 1.48 bits per heavy atom. The summed E-state index contributed by atoms with van der Waals surface area (Å²) in [5.41, 5.74) is 8.72. The summed E-state index contributed by atoms with van der Waals surface area (Å²) in [5.74, 6) is 1.00. The van der Waals surface area contributed by atoms with Gasteiger partial charge in [-0.2, -0.15) is 0 Å². The van der Waals surface area contributed by atoms with Crippen molar-refractivity contribution in [2.24, 2.45) is 5.92 Å². The molecule has 0 aliphatic carbocycles. The molecule has 4 rings (SSSR count). The molecule has 0 bridgehead atoms. The van der Waals surface area contributed by atoms with Crippen LogP contribution >= 0.6 is 0 Å². The van der Waals surface area contributed by atoms with Crippen LogP contribution in [0.1, 0.15) is 23.2 Å². The molecule has 0 radical (unpaired) electrons. The van der Waals surface area contributed by atoms with Crippen molar-refractivity contribution >= 4 is 5.91 Å². The first-order valence-electron chi connectivity index (χ1n) is 7.78. The first kappa shape index (κ1) is 14.2. The number of amides is 1. The number of methoxy groups -OCH3 is 1. The Hall–Kier alpha value is -2.37. The molecule has 3 N–H and O–H groups in total. The molecule has 0 spiro atoms. The van der Waals surface area contributed by atoms with Crippen molar-refractivity contribution in [2.45, 2.75) is 18.1 Å². The minimum absolute atomic E-state index is 0.00306. The maximum atomic E-state index is 12.3. The average Bonchev–Trinajstić information content (AvgIpc) is 3.17. The fraction of sp³-hybridized carbons (Fsp3) is 0.278. The predicted octanol–water partition coefficient (Wildman–Crippen LogP) is 1.70. The molecule has 4 atom stereocenters. The molecule has 0 saturated carbocycles. The van der Waals surface area contributed by atoms with E-state index in [0.29, 0.717) is 0 Å². The maximum Gasteiger partial charge on any atom is 0.239 e. The summed E-state index contributed by atoms with van der Waals surface area (Å²) in [6.45, 7) is 0. The summed E-state index contributed by atoms with van der Waals surface area (Å²) in [5, 5.41) is 3.13. The highest BCUT2D eigenvalue weighted by Gasteiger charge is 2.51. The van der Waals surface area contributed by atoms with E-state index >= 15 is 0 Å². The van der Waals surface area contributed by atoms with Gasteiger partial charge in [-0.3, -0.25) is 4.79 Å². The van der Waals surface area contributed by atoms with Gasteiger partial charge in [0.1, 0.15) is 11.8 Å². The quantitative estimate of drug-likeness (QED) is 0.807. The molecule has 2 heterocycles. The fourth-order valence-corrected chi connectivity index (χ4v) is 3.61. The molecule has 2 fully saturated rings. The first-order chi connectivity index (χ1) is 11.3. The second-order valence-corrected chi connectivity index (χ2v) is 5.99. The van der Waals surface area contributed by atoms with E-state index in [1.807, 2.05) is 42.5 Å². The smallest absolute Gasteiger partial charge is 0.239 e. The van der Waals surface area contributed by atoms with E-state index < -0.39 is 0 Å². The third kappa shape index (κ3) is 2.38. The van der Waals surface area contributed by atoms with Crippen LogP contribution in [0.2, 0.25) is 0 Å². The van der Waals surface area contributed by atoms with Gasteiger partial charge in [-0.1, -0.05) is 42.5 Å². The molecule has 5 nitrogen and oxygen atoms in total. The third-order valence-corrected chi connectivity index (χ3v) is 4.76. The van der Waals surface area contributed by atoms with E-state index in [2.05, 4.69) is 28.3 Å². The van der Waals surface area contributed by atoms with Crippen LogP contribution < -0.4 is 20.9 Å². The van der Waals surface area contributed by atoms with Gasteiger partial charge in [0.15, 0.2) is 0 Å². The minimum atomic E-state index is -0.215. The minimum Gasteiger partial charge on any atom is -0.497 e. The summed E-state index contributed by atoms with van der Waals surface area (Å²) in [7, 11) is 1.66. The van der Waals surface area contributed by atoms with Gasteiger partial charge >= 0.3 is 0 Å². The summed E-state index contributed by atoms with van der Waals surface area (Å²) >= 11 is 0. The lowest BCUT2D eigenvalue weighted by molar-refractivity contribution is -0.121. The molecule has 2 aromatic carbocycles. The molecule has 5 heteroatoms.